The molecule has 0 radical (unpaired) electrons. The molecule has 0 bridgehead atoms. The first kappa shape index (κ1) is 16.2. The van der Waals surface area contributed by atoms with E-state index >= 15 is 0 Å². The third-order valence-corrected chi connectivity index (χ3v) is 2.57. The molecule has 2 atom stereocenters. The fourth-order valence-corrected chi connectivity index (χ4v) is 1.62. The molecule has 1 amide bonds. The van der Waals surface area contributed by atoms with Gasteiger partial charge in [0, 0.05) is 0 Å². The molecule has 2 unspecified atom stereocenters. The summed E-state index contributed by atoms with van der Waals surface area (Å²) in [6, 6.07) is 0.678. The molecule has 0 aliphatic carbocycles. The van der Waals surface area contributed by atoms with Gasteiger partial charge in [-0.05, 0) is 17.7 Å². The quantitative estimate of drug-likeness (QED) is 0.484. The number of rotatable bonds is 4. The first-order valence-corrected chi connectivity index (χ1v) is 5.34. The molecule has 1 rings (SSSR count). The lowest BCUT2D eigenvalue weighted by Gasteiger charge is -2.21. The zero-order chi connectivity index (χ0) is 15.7. The van der Waals surface area contributed by atoms with Crippen LogP contribution in [0.2, 0.25) is 0 Å². The van der Waals surface area contributed by atoms with E-state index in [1.165, 1.54) is 0 Å². The fourth-order valence-electron chi connectivity index (χ4n) is 1.62. The fraction of sp³-hybridized carbons (Fsp3) is 0.364. The van der Waals surface area contributed by atoms with E-state index in [1.54, 1.807) is 0 Å². The Morgan fingerprint density at radius 3 is 2.30 bits per heavy atom. The summed E-state index contributed by atoms with van der Waals surface area (Å²) in [5.74, 6) is -2.21. The molecule has 1 aromatic carbocycles. The molecule has 5 nitrogen and oxygen atoms in total. The summed E-state index contributed by atoms with van der Waals surface area (Å²) in [6.45, 7) is 0. The van der Waals surface area contributed by atoms with E-state index in [4.69, 9.17) is 11.5 Å². The first-order chi connectivity index (χ1) is 9.04. The molecule has 0 spiro atoms. The average molecular weight is 296 g/mol. The summed E-state index contributed by atoms with van der Waals surface area (Å²) in [5.41, 5.74) is 6.74. The maximum absolute atomic E-state index is 13.3. The Balaban J connectivity index is 3.28. The topological polar surface area (TPSA) is 110 Å². The van der Waals surface area contributed by atoms with Gasteiger partial charge in [-0.25, -0.2) is 4.39 Å². The number of hydrogen-bond acceptors (Lipinski definition) is 4. The molecule has 6 N–H and O–H groups in total. The van der Waals surface area contributed by atoms with E-state index < -0.39 is 53.3 Å². The van der Waals surface area contributed by atoms with Crippen LogP contribution in [0.4, 0.5) is 23.2 Å². The minimum absolute atomic E-state index is 0.310. The van der Waals surface area contributed by atoms with Crippen LogP contribution in [0.5, 0.6) is 0 Å². The van der Waals surface area contributed by atoms with Gasteiger partial charge in [0.1, 0.15) is 11.9 Å². The number of alkyl halides is 3. The van der Waals surface area contributed by atoms with E-state index in [9.17, 15) is 32.6 Å². The first-order valence-electron chi connectivity index (χ1n) is 5.34. The zero-order valence-corrected chi connectivity index (χ0v) is 9.99. The second-order valence-electron chi connectivity index (χ2n) is 4.14. The number of hydrogen-bond donors (Lipinski definition) is 4. The van der Waals surface area contributed by atoms with Gasteiger partial charge in [0.05, 0.1) is 23.8 Å². The molecule has 20 heavy (non-hydrogen) atoms. The van der Waals surface area contributed by atoms with Crippen LogP contribution in [0.3, 0.4) is 0 Å². The number of aliphatic hydroxyl groups excluding tert-OH is 2. The number of aliphatic hydroxyl groups is 2. The Morgan fingerprint density at radius 2 is 1.85 bits per heavy atom. The Hall–Kier alpha value is -1.87. The SMILES string of the molecule is NC(=O)CC(O)C(O)c1cc(F)c(N)cc1C(F)(F)F. The number of amides is 1. The highest BCUT2D eigenvalue weighted by atomic mass is 19.4. The molecule has 0 aliphatic heterocycles. The van der Waals surface area contributed by atoms with Crippen LogP contribution in [0.1, 0.15) is 23.7 Å². The van der Waals surface area contributed by atoms with Crippen molar-refractivity contribution in [3.8, 4) is 0 Å². The highest BCUT2D eigenvalue weighted by Gasteiger charge is 2.37. The van der Waals surface area contributed by atoms with Crippen LogP contribution in [-0.4, -0.2) is 22.2 Å². The lowest BCUT2D eigenvalue weighted by Crippen LogP contribution is -2.27. The molecule has 0 fully saturated rings. The molecular weight excluding hydrogens is 284 g/mol. The minimum atomic E-state index is -4.91. The van der Waals surface area contributed by atoms with Crippen molar-refractivity contribution in [1.82, 2.24) is 0 Å². The summed E-state index contributed by atoms with van der Waals surface area (Å²) in [6.07, 6.45) is -9.71. The number of nitrogens with two attached hydrogens (primary N) is 2. The number of nitrogen functional groups attached to an aromatic ring is 1. The molecule has 0 aromatic heterocycles. The Bertz CT molecular complexity index is 519. The summed E-state index contributed by atoms with van der Waals surface area (Å²) < 4.78 is 51.6. The van der Waals surface area contributed by atoms with Crippen molar-refractivity contribution in [1.29, 1.82) is 0 Å². The van der Waals surface area contributed by atoms with Crippen LogP contribution in [0.15, 0.2) is 12.1 Å². The lowest BCUT2D eigenvalue weighted by molar-refractivity contribution is -0.140. The van der Waals surface area contributed by atoms with Crippen molar-refractivity contribution >= 4 is 11.6 Å². The van der Waals surface area contributed by atoms with Crippen molar-refractivity contribution in [3.05, 3.63) is 29.1 Å². The Labute approximate surface area is 110 Å². The van der Waals surface area contributed by atoms with E-state index in [0.29, 0.717) is 12.1 Å². The number of benzene rings is 1. The summed E-state index contributed by atoms with van der Waals surface area (Å²) in [5, 5.41) is 19.1. The summed E-state index contributed by atoms with van der Waals surface area (Å²) in [7, 11) is 0. The molecule has 0 saturated carbocycles. The highest BCUT2D eigenvalue weighted by molar-refractivity contribution is 5.74. The van der Waals surface area contributed by atoms with Gasteiger partial charge in [0.15, 0.2) is 0 Å². The van der Waals surface area contributed by atoms with Crippen molar-refractivity contribution in [2.75, 3.05) is 5.73 Å². The predicted octanol–water partition coefficient (Wildman–Crippen LogP) is 0.696. The predicted molar refractivity (Wildman–Crippen MR) is 60.6 cm³/mol. The van der Waals surface area contributed by atoms with Gasteiger partial charge in [0.25, 0.3) is 0 Å². The smallest absolute Gasteiger partial charge is 0.396 e. The van der Waals surface area contributed by atoms with E-state index in [1.807, 2.05) is 0 Å². The van der Waals surface area contributed by atoms with Crippen LogP contribution in [0, 0.1) is 5.82 Å². The van der Waals surface area contributed by atoms with Gasteiger partial charge in [-0.15, -0.1) is 0 Å². The molecular formula is C11H12F4N2O3. The Kier molecular flexibility index (Phi) is 4.56. The van der Waals surface area contributed by atoms with E-state index in [2.05, 4.69) is 0 Å². The monoisotopic (exact) mass is 296 g/mol. The van der Waals surface area contributed by atoms with Crippen molar-refractivity contribution in [3.63, 3.8) is 0 Å². The number of halogens is 4. The maximum atomic E-state index is 13.3. The largest absolute Gasteiger partial charge is 0.416 e. The number of carbonyl (C=O) groups is 1. The molecule has 9 heteroatoms. The van der Waals surface area contributed by atoms with E-state index in [0.717, 1.165) is 0 Å². The second-order valence-corrected chi connectivity index (χ2v) is 4.14. The lowest BCUT2D eigenvalue weighted by atomic mass is 9.95. The second kappa shape index (κ2) is 5.63. The maximum Gasteiger partial charge on any atom is 0.416 e. The van der Waals surface area contributed by atoms with Crippen molar-refractivity contribution in [2.24, 2.45) is 5.73 Å². The van der Waals surface area contributed by atoms with Gasteiger partial charge in [-0.1, -0.05) is 0 Å². The van der Waals surface area contributed by atoms with Crippen LogP contribution in [0.25, 0.3) is 0 Å². The van der Waals surface area contributed by atoms with Gasteiger partial charge in [-0.2, -0.15) is 13.2 Å². The van der Waals surface area contributed by atoms with Crippen LogP contribution >= 0.6 is 0 Å². The number of carbonyl (C=O) groups excluding carboxylic acids is 1. The van der Waals surface area contributed by atoms with Gasteiger partial charge >= 0.3 is 6.18 Å². The standard InChI is InChI=1S/C11H12F4N2O3/c12-6-1-4(10(20)8(18)3-9(17)19)5(2-7(6)16)11(13,14)15/h1-2,8,10,18,20H,3,16H2,(H2,17,19). The van der Waals surface area contributed by atoms with Gasteiger partial charge in [0.2, 0.25) is 5.91 Å². The molecule has 0 aliphatic rings. The molecule has 0 saturated heterocycles. The van der Waals surface area contributed by atoms with Gasteiger partial charge in [-0.3, -0.25) is 4.79 Å². The number of anilines is 1. The molecule has 0 heterocycles. The summed E-state index contributed by atoms with van der Waals surface area (Å²) in [4.78, 5) is 10.6. The van der Waals surface area contributed by atoms with Crippen LogP contribution in [-0.2, 0) is 11.0 Å². The third-order valence-electron chi connectivity index (χ3n) is 2.57. The van der Waals surface area contributed by atoms with Crippen molar-refractivity contribution in [2.45, 2.75) is 24.8 Å². The average Bonchev–Trinajstić information content (AvgIpc) is 2.28. The van der Waals surface area contributed by atoms with Crippen LogP contribution < -0.4 is 11.5 Å². The van der Waals surface area contributed by atoms with E-state index in [-0.39, 0.29) is 0 Å². The minimum Gasteiger partial charge on any atom is -0.396 e. The summed E-state index contributed by atoms with van der Waals surface area (Å²) >= 11 is 0. The zero-order valence-electron chi connectivity index (χ0n) is 9.99. The van der Waals surface area contributed by atoms with Gasteiger partial charge < -0.3 is 21.7 Å². The van der Waals surface area contributed by atoms with Crippen molar-refractivity contribution < 1.29 is 32.6 Å². The normalized spacial score (nSPS) is 14.9. The highest BCUT2D eigenvalue weighted by Crippen LogP contribution is 2.37. The molecule has 1 aromatic rings. The number of primary amides is 1. The third kappa shape index (κ3) is 3.58. The Morgan fingerprint density at radius 1 is 1.30 bits per heavy atom. The molecule has 112 valence electrons.